The average Bonchev–Trinajstić information content (AvgIpc) is 2.75. The van der Waals surface area contributed by atoms with E-state index >= 15 is 0 Å². The van der Waals surface area contributed by atoms with Crippen molar-refractivity contribution < 1.29 is 9.53 Å². The summed E-state index contributed by atoms with van der Waals surface area (Å²) >= 11 is 5.35. The average molecular weight is 403 g/mol. The van der Waals surface area contributed by atoms with Gasteiger partial charge in [0, 0.05) is 5.69 Å². The van der Waals surface area contributed by atoms with Crippen molar-refractivity contribution >= 4 is 28.9 Å². The standard InChI is InChI=1S/C24H22N2O2S/c1-2-17-28-21-15-13-20(14-16-21)25-24(29)26-23(27)22(18-9-5-3-6-10-18)19-11-7-4-8-12-19/h2-16,22H,1,17H2,(H2,25,26,27,29). The Morgan fingerprint density at radius 2 is 1.48 bits per heavy atom. The van der Waals surface area contributed by atoms with Gasteiger partial charge in [-0.05, 0) is 47.6 Å². The van der Waals surface area contributed by atoms with Crippen molar-refractivity contribution in [3.63, 3.8) is 0 Å². The van der Waals surface area contributed by atoms with Gasteiger partial charge in [0.2, 0.25) is 5.91 Å². The van der Waals surface area contributed by atoms with Gasteiger partial charge >= 0.3 is 0 Å². The lowest BCUT2D eigenvalue weighted by Crippen LogP contribution is -2.37. The number of ether oxygens (including phenoxy) is 1. The lowest BCUT2D eigenvalue weighted by atomic mass is 9.90. The number of thiocarbonyl (C=S) groups is 1. The largest absolute Gasteiger partial charge is 0.490 e. The number of anilines is 1. The molecule has 3 aromatic rings. The maximum absolute atomic E-state index is 13.0. The highest BCUT2D eigenvalue weighted by atomic mass is 32.1. The van der Waals surface area contributed by atoms with Crippen LogP contribution in [-0.4, -0.2) is 17.6 Å². The van der Waals surface area contributed by atoms with Crippen LogP contribution in [0.15, 0.2) is 97.6 Å². The van der Waals surface area contributed by atoms with Gasteiger partial charge in [0.15, 0.2) is 5.11 Å². The van der Waals surface area contributed by atoms with Crippen molar-refractivity contribution in [2.24, 2.45) is 0 Å². The summed E-state index contributed by atoms with van der Waals surface area (Å²) in [6.45, 7) is 4.07. The predicted molar refractivity (Wildman–Crippen MR) is 121 cm³/mol. The number of nitrogens with one attached hydrogen (secondary N) is 2. The van der Waals surface area contributed by atoms with Crippen molar-refractivity contribution in [3.8, 4) is 5.75 Å². The third-order valence-electron chi connectivity index (χ3n) is 4.24. The second-order valence-corrected chi connectivity index (χ2v) is 6.73. The van der Waals surface area contributed by atoms with Gasteiger partial charge in [0.05, 0.1) is 5.92 Å². The molecule has 2 N–H and O–H groups in total. The van der Waals surface area contributed by atoms with Crippen LogP contribution in [0.4, 0.5) is 5.69 Å². The van der Waals surface area contributed by atoms with Crippen molar-refractivity contribution in [2.45, 2.75) is 5.92 Å². The SMILES string of the molecule is C=CCOc1ccc(NC(=S)NC(=O)C(c2ccccc2)c2ccccc2)cc1. The lowest BCUT2D eigenvalue weighted by molar-refractivity contribution is -0.120. The Labute approximate surface area is 176 Å². The van der Waals surface area contributed by atoms with Crippen LogP contribution in [0.1, 0.15) is 17.0 Å². The molecule has 3 rings (SSSR count). The fourth-order valence-corrected chi connectivity index (χ4v) is 3.14. The van der Waals surface area contributed by atoms with Crippen LogP contribution in [0.25, 0.3) is 0 Å². The van der Waals surface area contributed by atoms with Gasteiger partial charge in [-0.3, -0.25) is 4.79 Å². The Hall–Kier alpha value is -3.44. The Morgan fingerprint density at radius 1 is 0.931 bits per heavy atom. The highest BCUT2D eigenvalue weighted by Gasteiger charge is 2.23. The molecular formula is C24H22N2O2S. The molecular weight excluding hydrogens is 380 g/mol. The molecule has 0 unspecified atom stereocenters. The van der Waals surface area contributed by atoms with Gasteiger partial charge in [-0.15, -0.1) is 0 Å². The van der Waals surface area contributed by atoms with Crippen LogP contribution in [0.3, 0.4) is 0 Å². The highest BCUT2D eigenvalue weighted by Crippen LogP contribution is 2.25. The van der Waals surface area contributed by atoms with Gasteiger partial charge in [-0.2, -0.15) is 0 Å². The van der Waals surface area contributed by atoms with Crippen LogP contribution in [0.2, 0.25) is 0 Å². The molecule has 146 valence electrons. The zero-order valence-electron chi connectivity index (χ0n) is 15.9. The van der Waals surface area contributed by atoms with Gasteiger partial charge < -0.3 is 15.4 Å². The molecule has 0 saturated heterocycles. The third kappa shape index (κ3) is 5.77. The van der Waals surface area contributed by atoms with Crippen molar-refractivity contribution in [1.82, 2.24) is 5.32 Å². The molecule has 4 nitrogen and oxygen atoms in total. The predicted octanol–water partition coefficient (Wildman–Crippen LogP) is 4.90. The van der Waals surface area contributed by atoms with Gasteiger partial charge in [-0.1, -0.05) is 73.3 Å². The second kappa shape index (κ2) is 10.2. The minimum absolute atomic E-state index is 0.189. The first kappa shape index (κ1) is 20.3. The van der Waals surface area contributed by atoms with E-state index in [0.717, 1.165) is 22.6 Å². The van der Waals surface area contributed by atoms with E-state index in [1.165, 1.54) is 0 Å². The Balaban J connectivity index is 1.69. The summed E-state index contributed by atoms with van der Waals surface area (Å²) in [6, 6.07) is 26.6. The molecule has 0 aliphatic rings. The summed E-state index contributed by atoms with van der Waals surface area (Å²) in [5.74, 6) is 0.0938. The number of hydrogen-bond acceptors (Lipinski definition) is 3. The summed E-state index contributed by atoms with van der Waals surface area (Å²) in [7, 11) is 0. The van der Waals surface area contributed by atoms with E-state index < -0.39 is 5.92 Å². The molecule has 1 amide bonds. The molecule has 0 atom stereocenters. The quantitative estimate of drug-likeness (QED) is 0.436. The minimum Gasteiger partial charge on any atom is -0.490 e. The number of carbonyl (C=O) groups excluding carboxylic acids is 1. The van der Waals surface area contributed by atoms with Crippen LogP contribution in [0, 0.1) is 0 Å². The number of benzene rings is 3. The van der Waals surface area contributed by atoms with E-state index in [0.29, 0.717) is 6.61 Å². The molecule has 0 aromatic heterocycles. The highest BCUT2D eigenvalue weighted by molar-refractivity contribution is 7.80. The number of amides is 1. The maximum Gasteiger partial charge on any atom is 0.238 e. The molecule has 29 heavy (non-hydrogen) atoms. The molecule has 0 saturated carbocycles. The number of hydrogen-bond donors (Lipinski definition) is 2. The fourth-order valence-electron chi connectivity index (χ4n) is 2.92. The summed E-state index contributed by atoms with van der Waals surface area (Å²) in [5, 5.41) is 6.09. The van der Waals surface area contributed by atoms with Crippen LogP contribution < -0.4 is 15.4 Å². The summed E-state index contributed by atoms with van der Waals surface area (Å²) in [4.78, 5) is 13.0. The van der Waals surface area contributed by atoms with Crippen molar-refractivity contribution in [2.75, 3.05) is 11.9 Å². The van der Waals surface area contributed by atoms with E-state index in [9.17, 15) is 4.79 Å². The molecule has 0 aliphatic heterocycles. The van der Waals surface area contributed by atoms with Crippen LogP contribution in [0.5, 0.6) is 5.75 Å². The van der Waals surface area contributed by atoms with Crippen LogP contribution in [-0.2, 0) is 4.79 Å². The zero-order valence-corrected chi connectivity index (χ0v) is 16.7. The van der Waals surface area contributed by atoms with E-state index in [-0.39, 0.29) is 11.0 Å². The van der Waals surface area contributed by atoms with Gasteiger partial charge in [0.1, 0.15) is 12.4 Å². The molecule has 0 heterocycles. The maximum atomic E-state index is 13.0. The molecule has 5 heteroatoms. The van der Waals surface area contributed by atoms with Crippen molar-refractivity contribution in [1.29, 1.82) is 0 Å². The smallest absolute Gasteiger partial charge is 0.238 e. The van der Waals surface area contributed by atoms with Gasteiger partial charge in [-0.25, -0.2) is 0 Å². The van der Waals surface area contributed by atoms with Crippen molar-refractivity contribution in [3.05, 3.63) is 109 Å². The summed E-state index contributed by atoms with van der Waals surface area (Å²) in [6.07, 6.45) is 1.69. The molecule has 0 bridgehead atoms. The topological polar surface area (TPSA) is 50.4 Å². The summed E-state index contributed by atoms with van der Waals surface area (Å²) < 4.78 is 5.46. The Bertz CT molecular complexity index is 918. The molecule has 0 fully saturated rings. The van der Waals surface area contributed by atoms with E-state index in [4.69, 9.17) is 17.0 Å². The Kier molecular flexibility index (Phi) is 7.14. The first-order valence-corrected chi connectivity index (χ1v) is 9.63. The number of rotatable bonds is 7. The van der Waals surface area contributed by atoms with E-state index in [1.54, 1.807) is 6.08 Å². The van der Waals surface area contributed by atoms with Gasteiger partial charge in [0.25, 0.3) is 0 Å². The van der Waals surface area contributed by atoms with E-state index in [1.807, 2.05) is 84.9 Å². The normalized spacial score (nSPS) is 10.2. The molecule has 0 spiro atoms. The third-order valence-corrected chi connectivity index (χ3v) is 4.45. The summed E-state index contributed by atoms with van der Waals surface area (Å²) in [5.41, 5.74) is 2.57. The monoisotopic (exact) mass is 402 g/mol. The first-order chi connectivity index (χ1) is 14.2. The molecule has 0 radical (unpaired) electrons. The van der Waals surface area contributed by atoms with Crippen LogP contribution >= 0.6 is 12.2 Å². The first-order valence-electron chi connectivity index (χ1n) is 9.23. The fraction of sp³-hybridized carbons (Fsp3) is 0.0833. The number of carbonyl (C=O) groups is 1. The molecule has 0 aliphatic carbocycles. The molecule has 3 aromatic carbocycles. The zero-order chi connectivity index (χ0) is 20.5. The lowest BCUT2D eigenvalue weighted by Gasteiger charge is -2.18. The van der Waals surface area contributed by atoms with E-state index in [2.05, 4.69) is 17.2 Å². The minimum atomic E-state index is -0.452. The Morgan fingerprint density at radius 3 is 2.00 bits per heavy atom. The second-order valence-electron chi connectivity index (χ2n) is 6.32.